The molecule has 134 valence electrons. The van der Waals surface area contributed by atoms with Crippen LogP contribution in [0.15, 0.2) is 36.8 Å². The first-order valence-corrected chi connectivity index (χ1v) is 8.69. The van der Waals surface area contributed by atoms with E-state index in [9.17, 15) is 4.79 Å². The molecule has 3 heterocycles. The van der Waals surface area contributed by atoms with Crippen molar-refractivity contribution in [3.05, 3.63) is 41.8 Å². The molecule has 8 nitrogen and oxygen atoms in total. The van der Waals surface area contributed by atoms with E-state index in [0.717, 1.165) is 16.9 Å². The number of anilines is 2. The number of fused-ring (bicyclic) bond motifs is 1. The van der Waals surface area contributed by atoms with Crippen LogP contribution in [0.2, 0.25) is 5.02 Å². The summed E-state index contributed by atoms with van der Waals surface area (Å²) >= 11 is 5.96. The molecular weight excluding hydrogens is 354 g/mol. The Hall–Kier alpha value is -2.87. The minimum Gasteiger partial charge on any atom is -0.352 e. The third-order valence-corrected chi connectivity index (χ3v) is 4.69. The molecule has 1 aromatic carbocycles. The van der Waals surface area contributed by atoms with Gasteiger partial charge in [0.2, 0.25) is 0 Å². The molecular formula is C17H18ClN7O. The number of nitrogens with one attached hydrogen (secondary N) is 1. The normalized spacial score (nSPS) is 14.7. The Labute approximate surface area is 155 Å². The van der Waals surface area contributed by atoms with Gasteiger partial charge in [-0.25, -0.2) is 14.8 Å². The molecule has 0 radical (unpaired) electrons. The number of piperazine rings is 1. The van der Waals surface area contributed by atoms with Gasteiger partial charge in [-0.3, -0.25) is 4.68 Å². The zero-order valence-electron chi connectivity index (χ0n) is 14.3. The lowest BCUT2D eigenvalue weighted by molar-refractivity contribution is 0.208. The predicted molar refractivity (Wildman–Crippen MR) is 101 cm³/mol. The monoisotopic (exact) mass is 371 g/mol. The molecule has 3 aromatic rings. The summed E-state index contributed by atoms with van der Waals surface area (Å²) in [5.41, 5.74) is 1.49. The van der Waals surface area contributed by atoms with Crippen LogP contribution in [0, 0.1) is 0 Å². The van der Waals surface area contributed by atoms with Crippen molar-refractivity contribution in [3.63, 3.8) is 0 Å². The molecule has 1 saturated heterocycles. The van der Waals surface area contributed by atoms with Crippen LogP contribution in [0.1, 0.15) is 0 Å². The Morgan fingerprint density at radius 1 is 1.19 bits per heavy atom. The summed E-state index contributed by atoms with van der Waals surface area (Å²) < 4.78 is 1.73. The minimum absolute atomic E-state index is 0.124. The molecule has 0 unspecified atom stereocenters. The van der Waals surface area contributed by atoms with Gasteiger partial charge in [-0.05, 0) is 18.2 Å². The van der Waals surface area contributed by atoms with Crippen LogP contribution >= 0.6 is 11.6 Å². The first-order chi connectivity index (χ1) is 12.6. The fourth-order valence-electron chi connectivity index (χ4n) is 3.09. The highest BCUT2D eigenvalue weighted by Crippen LogP contribution is 2.23. The van der Waals surface area contributed by atoms with Gasteiger partial charge in [-0.1, -0.05) is 17.7 Å². The highest BCUT2D eigenvalue weighted by atomic mass is 35.5. The summed E-state index contributed by atoms with van der Waals surface area (Å²) in [5, 5.41) is 8.65. The number of halogens is 1. The van der Waals surface area contributed by atoms with E-state index in [1.165, 1.54) is 0 Å². The third kappa shape index (κ3) is 3.15. The van der Waals surface area contributed by atoms with Gasteiger partial charge in [-0.2, -0.15) is 5.10 Å². The second-order valence-corrected chi connectivity index (χ2v) is 6.55. The Morgan fingerprint density at radius 3 is 2.77 bits per heavy atom. The number of aryl methyl sites for hydroxylation is 1. The van der Waals surface area contributed by atoms with E-state index in [-0.39, 0.29) is 6.03 Å². The predicted octanol–water partition coefficient (Wildman–Crippen LogP) is 2.37. The average Bonchev–Trinajstić information content (AvgIpc) is 3.03. The second-order valence-electron chi connectivity index (χ2n) is 6.12. The number of carbonyl (C=O) groups excluding carboxylic acids is 1. The number of benzene rings is 1. The van der Waals surface area contributed by atoms with Crippen molar-refractivity contribution >= 4 is 40.2 Å². The van der Waals surface area contributed by atoms with Crippen molar-refractivity contribution < 1.29 is 4.79 Å². The maximum absolute atomic E-state index is 12.5. The number of amides is 2. The first-order valence-electron chi connectivity index (χ1n) is 8.31. The van der Waals surface area contributed by atoms with Crippen molar-refractivity contribution in [2.24, 2.45) is 7.05 Å². The van der Waals surface area contributed by atoms with Crippen LogP contribution in [0.5, 0.6) is 0 Å². The van der Waals surface area contributed by atoms with E-state index in [2.05, 4.69) is 25.3 Å². The van der Waals surface area contributed by atoms with Crippen LogP contribution in [-0.4, -0.2) is 56.9 Å². The molecule has 2 aromatic heterocycles. The highest BCUT2D eigenvalue weighted by molar-refractivity contribution is 6.30. The lowest BCUT2D eigenvalue weighted by Crippen LogP contribution is -2.50. The standard InChI is InChI=1S/C17H18ClN7O/c1-23-15-14(10-21-23)16(20-11-19-15)24-5-7-25(8-6-24)17(26)22-13-4-2-3-12(18)9-13/h2-4,9-11H,5-8H2,1H3,(H,22,26). The molecule has 1 fully saturated rings. The highest BCUT2D eigenvalue weighted by Gasteiger charge is 2.23. The largest absolute Gasteiger partial charge is 0.352 e. The van der Waals surface area contributed by atoms with Gasteiger partial charge in [0, 0.05) is 43.9 Å². The number of hydrogen-bond donors (Lipinski definition) is 1. The van der Waals surface area contributed by atoms with Gasteiger partial charge >= 0.3 is 6.03 Å². The van der Waals surface area contributed by atoms with Gasteiger partial charge in [0.25, 0.3) is 0 Å². The summed E-state index contributed by atoms with van der Waals surface area (Å²) in [6.45, 7) is 2.62. The number of nitrogens with zero attached hydrogens (tertiary/aromatic N) is 6. The van der Waals surface area contributed by atoms with E-state index in [0.29, 0.717) is 36.9 Å². The van der Waals surface area contributed by atoms with Crippen molar-refractivity contribution in [1.29, 1.82) is 0 Å². The Morgan fingerprint density at radius 2 is 2.00 bits per heavy atom. The van der Waals surface area contributed by atoms with Crippen molar-refractivity contribution in [1.82, 2.24) is 24.6 Å². The van der Waals surface area contributed by atoms with Crippen LogP contribution in [0.25, 0.3) is 11.0 Å². The molecule has 2 amide bonds. The second kappa shape index (κ2) is 6.80. The summed E-state index contributed by atoms with van der Waals surface area (Å²) in [6, 6.07) is 7.01. The van der Waals surface area contributed by atoms with Gasteiger partial charge in [0.15, 0.2) is 5.65 Å². The lowest BCUT2D eigenvalue weighted by Gasteiger charge is -2.35. The van der Waals surface area contributed by atoms with E-state index in [1.807, 2.05) is 19.2 Å². The molecule has 1 aliphatic rings. The zero-order valence-corrected chi connectivity index (χ0v) is 15.0. The summed E-state index contributed by atoms with van der Waals surface area (Å²) in [5.74, 6) is 0.859. The smallest absolute Gasteiger partial charge is 0.321 e. The third-order valence-electron chi connectivity index (χ3n) is 4.45. The number of hydrogen-bond acceptors (Lipinski definition) is 5. The molecule has 0 saturated carbocycles. The molecule has 1 N–H and O–H groups in total. The molecule has 0 spiro atoms. The zero-order chi connectivity index (χ0) is 18.1. The SMILES string of the molecule is Cn1ncc2c(N3CCN(C(=O)Nc4cccc(Cl)c4)CC3)ncnc21. The number of rotatable bonds is 2. The summed E-state index contributed by atoms with van der Waals surface area (Å²) in [6.07, 6.45) is 3.33. The Kier molecular flexibility index (Phi) is 4.34. The topological polar surface area (TPSA) is 79.2 Å². The first kappa shape index (κ1) is 16.6. The Balaban J connectivity index is 1.43. The fraction of sp³-hybridized carbons (Fsp3) is 0.294. The molecule has 0 atom stereocenters. The summed E-state index contributed by atoms with van der Waals surface area (Å²) in [7, 11) is 1.86. The number of urea groups is 1. The van der Waals surface area contributed by atoms with Gasteiger partial charge in [0.05, 0.1) is 11.6 Å². The van der Waals surface area contributed by atoms with Crippen molar-refractivity contribution in [2.45, 2.75) is 0 Å². The minimum atomic E-state index is -0.124. The molecule has 1 aliphatic heterocycles. The molecule has 0 aliphatic carbocycles. The molecule has 9 heteroatoms. The molecule has 4 rings (SSSR count). The van der Waals surface area contributed by atoms with Gasteiger partial charge < -0.3 is 15.1 Å². The van der Waals surface area contributed by atoms with E-state index >= 15 is 0 Å². The van der Waals surface area contributed by atoms with E-state index < -0.39 is 0 Å². The van der Waals surface area contributed by atoms with Crippen LogP contribution < -0.4 is 10.2 Å². The van der Waals surface area contributed by atoms with Crippen molar-refractivity contribution in [2.75, 3.05) is 36.4 Å². The molecule has 26 heavy (non-hydrogen) atoms. The number of aromatic nitrogens is 4. The van der Waals surface area contributed by atoms with E-state index in [4.69, 9.17) is 11.6 Å². The maximum atomic E-state index is 12.5. The quantitative estimate of drug-likeness (QED) is 0.748. The van der Waals surface area contributed by atoms with Crippen LogP contribution in [0.4, 0.5) is 16.3 Å². The van der Waals surface area contributed by atoms with Crippen LogP contribution in [0.3, 0.4) is 0 Å². The van der Waals surface area contributed by atoms with Crippen molar-refractivity contribution in [3.8, 4) is 0 Å². The molecule has 0 bridgehead atoms. The lowest BCUT2D eigenvalue weighted by atomic mass is 10.3. The van der Waals surface area contributed by atoms with Gasteiger partial charge in [0.1, 0.15) is 12.1 Å². The number of carbonyl (C=O) groups is 1. The van der Waals surface area contributed by atoms with Crippen LogP contribution in [-0.2, 0) is 7.05 Å². The Bertz CT molecular complexity index is 949. The van der Waals surface area contributed by atoms with E-state index in [1.54, 1.807) is 34.2 Å². The van der Waals surface area contributed by atoms with Gasteiger partial charge in [-0.15, -0.1) is 0 Å². The average molecular weight is 372 g/mol. The fourth-order valence-corrected chi connectivity index (χ4v) is 3.28. The summed E-state index contributed by atoms with van der Waals surface area (Å²) in [4.78, 5) is 25.1. The maximum Gasteiger partial charge on any atom is 0.321 e.